The monoisotopic (exact) mass is 353 g/mol. The summed E-state index contributed by atoms with van der Waals surface area (Å²) in [5.41, 5.74) is 1.66. The Morgan fingerprint density at radius 3 is 2.62 bits per heavy atom. The number of esters is 1. The van der Waals surface area contributed by atoms with E-state index in [4.69, 9.17) is 9.47 Å². The topological polar surface area (TPSA) is 65.1 Å². The van der Waals surface area contributed by atoms with Crippen molar-refractivity contribution < 1.29 is 23.8 Å². The minimum absolute atomic E-state index is 0.270. The van der Waals surface area contributed by atoms with Crippen molar-refractivity contribution in [3.63, 3.8) is 0 Å². The molecule has 6 nitrogen and oxygen atoms in total. The zero-order chi connectivity index (χ0) is 18.4. The van der Waals surface area contributed by atoms with Crippen molar-refractivity contribution in [2.24, 2.45) is 0 Å². The van der Waals surface area contributed by atoms with Crippen LogP contribution < -0.4 is 9.64 Å². The van der Waals surface area contributed by atoms with Crippen LogP contribution >= 0.6 is 0 Å². The van der Waals surface area contributed by atoms with Crippen molar-refractivity contribution in [3.05, 3.63) is 66.2 Å². The summed E-state index contributed by atoms with van der Waals surface area (Å²) in [5.74, 6) is 0.255. The Hall–Kier alpha value is -3.28. The first-order chi connectivity index (χ1) is 12.7. The highest BCUT2D eigenvalue weighted by Gasteiger charge is 2.32. The summed E-state index contributed by atoms with van der Waals surface area (Å²) >= 11 is 0. The van der Waals surface area contributed by atoms with Gasteiger partial charge >= 0.3 is 12.1 Å². The van der Waals surface area contributed by atoms with E-state index < -0.39 is 5.97 Å². The van der Waals surface area contributed by atoms with Crippen molar-refractivity contribution >= 4 is 23.8 Å². The summed E-state index contributed by atoms with van der Waals surface area (Å²) in [7, 11) is 1.33. The van der Waals surface area contributed by atoms with Crippen molar-refractivity contribution in [1.29, 1.82) is 0 Å². The minimum Gasteiger partial charge on any atom is -0.490 e. The highest BCUT2D eigenvalue weighted by Crippen LogP contribution is 2.22. The second-order valence-electron chi connectivity index (χ2n) is 5.69. The van der Waals surface area contributed by atoms with Gasteiger partial charge < -0.3 is 14.2 Å². The Morgan fingerprint density at radius 1 is 1.19 bits per heavy atom. The number of carbonyl (C=O) groups is 2. The molecule has 0 aromatic heterocycles. The zero-order valence-electron chi connectivity index (χ0n) is 14.3. The van der Waals surface area contributed by atoms with Gasteiger partial charge in [-0.25, -0.2) is 9.59 Å². The van der Waals surface area contributed by atoms with Crippen LogP contribution in [0.25, 0.3) is 6.08 Å². The van der Waals surface area contributed by atoms with E-state index in [1.54, 1.807) is 23.1 Å². The van der Waals surface area contributed by atoms with Crippen molar-refractivity contribution in [1.82, 2.24) is 0 Å². The van der Waals surface area contributed by atoms with Gasteiger partial charge in [0, 0.05) is 11.8 Å². The van der Waals surface area contributed by atoms with E-state index in [1.165, 1.54) is 13.2 Å². The molecular formula is C20H19NO5. The number of rotatable bonds is 6. The van der Waals surface area contributed by atoms with Gasteiger partial charge in [0.05, 0.1) is 13.7 Å². The first kappa shape index (κ1) is 17.5. The van der Waals surface area contributed by atoms with Gasteiger partial charge in [0.25, 0.3) is 0 Å². The Kier molecular flexibility index (Phi) is 5.53. The lowest BCUT2D eigenvalue weighted by Gasteiger charge is -2.13. The number of ether oxygens (including phenoxy) is 3. The van der Waals surface area contributed by atoms with Gasteiger partial charge in [-0.2, -0.15) is 0 Å². The summed E-state index contributed by atoms with van der Waals surface area (Å²) in [5, 5.41) is 0. The van der Waals surface area contributed by atoms with Crippen LogP contribution in [0.4, 0.5) is 10.5 Å². The Balaban J connectivity index is 1.52. The van der Waals surface area contributed by atoms with Crippen molar-refractivity contribution in [2.45, 2.75) is 6.10 Å². The van der Waals surface area contributed by atoms with Gasteiger partial charge in [0.15, 0.2) is 6.10 Å². The Bertz CT molecular complexity index is 786. The van der Waals surface area contributed by atoms with Gasteiger partial charge in [-0.05, 0) is 35.9 Å². The van der Waals surface area contributed by atoms with E-state index in [9.17, 15) is 9.59 Å². The number of cyclic esters (lactones) is 1. The molecule has 0 saturated carbocycles. The summed E-state index contributed by atoms with van der Waals surface area (Å²) in [4.78, 5) is 24.7. The summed E-state index contributed by atoms with van der Waals surface area (Å²) in [6.07, 6.45) is 2.31. The summed E-state index contributed by atoms with van der Waals surface area (Å²) < 4.78 is 15.6. The molecule has 1 fully saturated rings. The lowest BCUT2D eigenvalue weighted by Crippen LogP contribution is -2.26. The molecule has 1 unspecified atom stereocenters. The molecule has 1 atom stereocenters. The van der Waals surface area contributed by atoms with E-state index >= 15 is 0 Å². The van der Waals surface area contributed by atoms with Crippen LogP contribution in [-0.4, -0.2) is 38.4 Å². The van der Waals surface area contributed by atoms with Gasteiger partial charge in [0.1, 0.15) is 12.4 Å². The molecule has 1 aliphatic heterocycles. The highest BCUT2D eigenvalue weighted by molar-refractivity contribution is 5.89. The van der Waals surface area contributed by atoms with Crippen LogP contribution in [0.5, 0.6) is 5.75 Å². The van der Waals surface area contributed by atoms with E-state index in [0.717, 1.165) is 11.3 Å². The van der Waals surface area contributed by atoms with Crippen LogP contribution in [0.2, 0.25) is 0 Å². The molecule has 1 saturated heterocycles. The number of amides is 1. The third-order valence-electron chi connectivity index (χ3n) is 3.87. The molecule has 3 rings (SSSR count). The molecule has 2 aromatic rings. The number of benzene rings is 2. The molecule has 0 aliphatic carbocycles. The van der Waals surface area contributed by atoms with Crippen LogP contribution in [0.15, 0.2) is 60.7 Å². The molecule has 0 spiro atoms. The fourth-order valence-corrected chi connectivity index (χ4v) is 2.52. The second-order valence-corrected chi connectivity index (χ2v) is 5.69. The van der Waals surface area contributed by atoms with Crippen LogP contribution in [0, 0.1) is 0 Å². The smallest absolute Gasteiger partial charge is 0.414 e. The summed E-state index contributed by atoms with van der Waals surface area (Å²) in [6, 6.07) is 16.6. The molecule has 0 radical (unpaired) electrons. The van der Waals surface area contributed by atoms with E-state index in [1.807, 2.05) is 42.5 Å². The van der Waals surface area contributed by atoms with Gasteiger partial charge in [-0.15, -0.1) is 0 Å². The molecule has 134 valence electrons. The van der Waals surface area contributed by atoms with Gasteiger partial charge in [-0.1, -0.05) is 30.3 Å². The number of hydrogen-bond acceptors (Lipinski definition) is 5. The van der Waals surface area contributed by atoms with Gasteiger partial charge in [0.2, 0.25) is 0 Å². The average molecular weight is 353 g/mol. The van der Waals surface area contributed by atoms with E-state index in [-0.39, 0.29) is 18.8 Å². The quantitative estimate of drug-likeness (QED) is 0.589. The minimum atomic E-state index is -0.406. The first-order valence-electron chi connectivity index (χ1n) is 8.18. The zero-order valence-corrected chi connectivity index (χ0v) is 14.3. The van der Waals surface area contributed by atoms with E-state index in [2.05, 4.69) is 4.74 Å². The van der Waals surface area contributed by atoms with Crippen LogP contribution in [-0.2, 0) is 14.3 Å². The lowest BCUT2D eigenvalue weighted by molar-refractivity contribution is -0.134. The number of anilines is 1. The van der Waals surface area contributed by atoms with Crippen LogP contribution in [0.3, 0.4) is 0 Å². The normalized spacial score (nSPS) is 16.6. The number of para-hydroxylation sites is 1. The molecule has 0 N–H and O–H groups in total. The molecule has 0 bridgehead atoms. The number of methoxy groups -OCH3 is 1. The molecule has 6 heteroatoms. The van der Waals surface area contributed by atoms with Crippen molar-refractivity contribution in [2.75, 3.05) is 25.2 Å². The number of hydrogen-bond donors (Lipinski definition) is 0. The molecule has 1 amide bonds. The molecule has 2 aromatic carbocycles. The standard InChI is InChI=1S/C20H19NO5/c1-24-19(22)12-9-15-7-10-17(11-8-15)25-14-18-13-21(20(23)26-18)16-5-3-2-4-6-16/h2-12,18H,13-14H2,1H3/b12-9+. The predicted octanol–water partition coefficient (Wildman–Crippen LogP) is 3.28. The fourth-order valence-electron chi connectivity index (χ4n) is 2.52. The number of nitrogens with zero attached hydrogens (tertiary/aromatic N) is 1. The summed E-state index contributed by atoms with van der Waals surface area (Å²) in [6.45, 7) is 0.717. The fraction of sp³-hybridized carbons (Fsp3) is 0.200. The number of carbonyl (C=O) groups excluding carboxylic acids is 2. The average Bonchev–Trinajstić information content (AvgIpc) is 3.06. The highest BCUT2D eigenvalue weighted by atomic mass is 16.6. The lowest BCUT2D eigenvalue weighted by atomic mass is 10.2. The van der Waals surface area contributed by atoms with E-state index in [0.29, 0.717) is 12.3 Å². The largest absolute Gasteiger partial charge is 0.490 e. The maximum Gasteiger partial charge on any atom is 0.414 e. The van der Waals surface area contributed by atoms with Crippen molar-refractivity contribution in [3.8, 4) is 5.75 Å². The molecular weight excluding hydrogens is 334 g/mol. The second kappa shape index (κ2) is 8.20. The predicted molar refractivity (Wildman–Crippen MR) is 97.0 cm³/mol. The van der Waals surface area contributed by atoms with Gasteiger partial charge in [-0.3, -0.25) is 4.90 Å². The molecule has 1 aliphatic rings. The first-order valence-corrected chi connectivity index (χ1v) is 8.18. The maximum absolute atomic E-state index is 12.0. The SMILES string of the molecule is COC(=O)/C=C/c1ccc(OCC2CN(c3ccccc3)C(=O)O2)cc1. The Labute approximate surface area is 151 Å². The van der Waals surface area contributed by atoms with Crippen LogP contribution in [0.1, 0.15) is 5.56 Å². The third-order valence-corrected chi connectivity index (χ3v) is 3.87. The Morgan fingerprint density at radius 2 is 1.92 bits per heavy atom. The maximum atomic E-state index is 12.0. The third kappa shape index (κ3) is 4.42. The molecule has 1 heterocycles. The molecule has 26 heavy (non-hydrogen) atoms.